The van der Waals surface area contributed by atoms with Gasteiger partial charge >= 0.3 is 0 Å². The Morgan fingerprint density at radius 3 is 2.65 bits per heavy atom. The maximum Gasteiger partial charge on any atom is 0.249 e. The Morgan fingerprint density at radius 2 is 1.96 bits per heavy atom. The largest absolute Gasteiger partial charge is 0.487 e. The number of ether oxygens (including phenoxy) is 2. The van der Waals surface area contributed by atoms with E-state index in [1.807, 2.05) is 38.2 Å². The van der Waals surface area contributed by atoms with Crippen LogP contribution in [0.4, 0.5) is 0 Å². The monoisotopic (exact) mass is 361 g/mol. The lowest BCUT2D eigenvalue weighted by Crippen LogP contribution is -2.65. The second-order valence-corrected chi connectivity index (χ2v) is 7.10. The molecule has 2 heterocycles. The number of piperazine rings is 1. The second-order valence-electron chi connectivity index (χ2n) is 7.10. The maximum atomic E-state index is 12.9. The molecule has 0 aliphatic carbocycles. The summed E-state index contributed by atoms with van der Waals surface area (Å²) in [4.78, 5) is 30.7. The Balaban J connectivity index is 1.57. The summed E-state index contributed by atoms with van der Waals surface area (Å²) in [6, 6.07) is 7.46. The molecule has 0 spiro atoms. The zero-order valence-electron chi connectivity index (χ0n) is 15.7. The third-order valence-corrected chi connectivity index (χ3v) is 4.91. The van der Waals surface area contributed by atoms with Gasteiger partial charge in [-0.1, -0.05) is 12.1 Å². The van der Waals surface area contributed by atoms with Crippen molar-refractivity contribution in [2.24, 2.45) is 0 Å². The van der Waals surface area contributed by atoms with E-state index in [-0.39, 0.29) is 24.5 Å². The second kappa shape index (κ2) is 8.05. The number of hydrogen-bond donors (Lipinski definition) is 0. The predicted octanol–water partition coefficient (Wildman–Crippen LogP) is 0.374. The minimum Gasteiger partial charge on any atom is -0.487 e. The fraction of sp³-hybridized carbons (Fsp3) is 0.579. The van der Waals surface area contributed by atoms with Gasteiger partial charge in [-0.2, -0.15) is 0 Å². The Labute approximate surface area is 154 Å². The molecule has 0 radical (unpaired) electrons. The molecule has 0 unspecified atom stereocenters. The van der Waals surface area contributed by atoms with Crippen molar-refractivity contribution in [2.75, 3.05) is 53.5 Å². The first-order valence-electron chi connectivity index (χ1n) is 8.97. The Bertz CT molecular complexity index is 660. The number of likely N-dealkylation sites (tertiary alicyclic amines) is 1. The van der Waals surface area contributed by atoms with Crippen molar-refractivity contribution < 1.29 is 19.1 Å². The average Bonchev–Trinajstić information content (AvgIpc) is 2.57. The fourth-order valence-corrected chi connectivity index (χ4v) is 3.42. The number of benzene rings is 1. The van der Waals surface area contributed by atoms with Gasteiger partial charge in [-0.3, -0.25) is 9.59 Å². The number of aryl methyl sites for hydroxylation is 1. The molecule has 2 saturated heterocycles. The molecule has 2 aliphatic rings. The minimum absolute atomic E-state index is 0.00481. The van der Waals surface area contributed by atoms with Crippen molar-refractivity contribution in [1.29, 1.82) is 0 Å². The number of carbonyl (C=O) groups is 2. The van der Waals surface area contributed by atoms with Gasteiger partial charge in [0.25, 0.3) is 0 Å². The number of hydrogen-bond acceptors (Lipinski definition) is 5. The number of methoxy groups -OCH3 is 1. The maximum absolute atomic E-state index is 12.9. The Hall–Kier alpha value is -2.12. The summed E-state index contributed by atoms with van der Waals surface area (Å²) in [5.41, 5.74) is 1.15. The van der Waals surface area contributed by atoms with Crippen LogP contribution in [-0.2, 0) is 14.3 Å². The summed E-state index contributed by atoms with van der Waals surface area (Å²) < 4.78 is 10.9. The van der Waals surface area contributed by atoms with Crippen LogP contribution < -0.4 is 4.74 Å². The highest BCUT2D eigenvalue weighted by Gasteiger charge is 2.41. The summed E-state index contributed by atoms with van der Waals surface area (Å²) in [7, 11) is 3.46. The van der Waals surface area contributed by atoms with Crippen LogP contribution >= 0.6 is 0 Å². The van der Waals surface area contributed by atoms with E-state index in [0.29, 0.717) is 26.2 Å². The lowest BCUT2D eigenvalue weighted by atomic mass is 10.1. The van der Waals surface area contributed by atoms with Crippen molar-refractivity contribution in [2.45, 2.75) is 19.1 Å². The van der Waals surface area contributed by atoms with Crippen molar-refractivity contribution in [1.82, 2.24) is 14.7 Å². The van der Waals surface area contributed by atoms with Crippen LogP contribution in [0.2, 0.25) is 0 Å². The molecule has 26 heavy (non-hydrogen) atoms. The molecule has 0 aromatic heterocycles. The third kappa shape index (κ3) is 4.16. The van der Waals surface area contributed by atoms with Gasteiger partial charge in [0.2, 0.25) is 11.8 Å². The van der Waals surface area contributed by atoms with Crippen molar-refractivity contribution in [3.8, 4) is 5.75 Å². The Morgan fingerprint density at radius 1 is 1.19 bits per heavy atom. The van der Waals surface area contributed by atoms with Gasteiger partial charge in [-0.25, -0.2) is 0 Å². The highest BCUT2D eigenvalue weighted by Crippen LogP contribution is 2.21. The van der Waals surface area contributed by atoms with E-state index in [9.17, 15) is 9.59 Å². The van der Waals surface area contributed by atoms with Gasteiger partial charge in [0, 0.05) is 26.7 Å². The van der Waals surface area contributed by atoms with E-state index >= 15 is 0 Å². The number of likely N-dealkylation sites (N-methyl/N-ethyl adjacent to an activating group) is 1. The first-order chi connectivity index (χ1) is 12.5. The van der Waals surface area contributed by atoms with Crippen LogP contribution in [0.5, 0.6) is 5.75 Å². The minimum atomic E-state index is -0.448. The summed E-state index contributed by atoms with van der Waals surface area (Å²) in [6.45, 7) is 5.00. The molecule has 0 N–H and O–H groups in total. The van der Waals surface area contributed by atoms with Gasteiger partial charge in [0.15, 0.2) is 0 Å². The summed E-state index contributed by atoms with van der Waals surface area (Å²) >= 11 is 0. The zero-order chi connectivity index (χ0) is 18.7. The molecule has 2 fully saturated rings. The van der Waals surface area contributed by atoms with E-state index in [0.717, 1.165) is 17.9 Å². The van der Waals surface area contributed by atoms with Crippen molar-refractivity contribution in [3.05, 3.63) is 29.8 Å². The van der Waals surface area contributed by atoms with Crippen molar-refractivity contribution >= 4 is 11.8 Å². The molecule has 0 bridgehead atoms. The fourth-order valence-electron chi connectivity index (χ4n) is 3.42. The molecule has 7 heteroatoms. The van der Waals surface area contributed by atoms with Crippen LogP contribution in [0.3, 0.4) is 0 Å². The normalized spacial score (nSPS) is 21.4. The predicted molar refractivity (Wildman–Crippen MR) is 97.0 cm³/mol. The van der Waals surface area contributed by atoms with Gasteiger partial charge in [0.1, 0.15) is 24.5 Å². The van der Waals surface area contributed by atoms with E-state index in [1.165, 1.54) is 7.11 Å². The van der Waals surface area contributed by atoms with Crippen LogP contribution in [0.15, 0.2) is 24.3 Å². The molecule has 7 nitrogen and oxygen atoms in total. The smallest absolute Gasteiger partial charge is 0.249 e. The number of carbonyl (C=O) groups excluding carboxylic acids is 2. The lowest BCUT2D eigenvalue weighted by Gasteiger charge is -2.45. The number of amides is 2. The molecule has 1 atom stereocenters. The summed E-state index contributed by atoms with van der Waals surface area (Å²) in [5, 5.41) is 0. The molecular formula is C19H27N3O4. The van der Waals surface area contributed by atoms with Gasteiger partial charge < -0.3 is 24.2 Å². The third-order valence-electron chi connectivity index (χ3n) is 4.91. The molecule has 142 valence electrons. The van der Waals surface area contributed by atoms with Crippen LogP contribution in [0.25, 0.3) is 0 Å². The van der Waals surface area contributed by atoms with Crippen LogP contribution in [0, 0.1) is 6.92 Å². The van der Waals surface area contributed by atoms with Gasteiger partial charge in [-0.15, -0.1) is 0 Å². The summed E-state index contributed by atoms with van der Waals surface area (Å²) in [6.07, 6.45) is 0.00481. The molecule has 1 aromatic rings. The van der Waals surface area contributed by atoms with E-state index in [4.69, 9.17) is 9.47 Å². The molecule has 1 aromatic carbocycles. The van der Waals surface area contributed by atoms with E-state index < -0.39 is 6.04 Å². The molecular weight excluding hydrogens is 334 g/mol. The lowest BCUT2D eigenvalue weighted by molar-refractivity contribution is -0.156. The standard InChI is InChI=1S/C19H27N3O4/c1-14-5-4-6-15(9-14)26-16-10-21(11-16)19(24)17-12-20(2)7-8-22(17)18(23)13-25-3/h4-6,9,16-17H,7-8,10-13H2,1-3H3/t17-/m0/s1. The first kappa shape index (κ1) is 18.7. The van der Waals surface area contributed by atoms with Crippen LogP contribution in [0.1, 0.15) is 5.56 Å². The first-order valence-corrected chi connectivity index (χ1v) is 8.97. The number of nitrogens with zero attached hydrogens (tertiary/aromatic N) is 3. The Kier molecular flexibility index (Phi) is 5.78. The molecule has 3 rings (SSSR count). The van der Waals surface area contributed by atoms with E-state index in [1.54, 1.807) is 9.80 Å². The summed E-state index contributed by atoms with van der Waals surface area (Å²) in [5.74, 6) is 0.688. The highest BCUT2D eigenvalue weighted by atomic mass is 16.5. The van der Waals surface area contributed by atoms with Crippen LogP contribution in [-0.4, -0.2) is 92.1 Å². The van der Waals surface area contributed by atoms with E-state index in [2.05, 4.69) is 4.90 Å². The quantitative estimate of drug-likeness (QED) is 0.759. The molecule has 2 amide bonds. The average molecular weight is 361 g/mol. The highest BCUT2D eigenvalue weighted by molar-refractivity contribution is 5.89. The molecule has 0 saturated carbocycles. The molecule has 2 aliphatic heterocycles. The van der Waals surface area contributed by atoms with Crippen molar-refractivity contribution in [3.63, 3.8) is 0 Å². The topological polar surface area (TPSA) is 62.3 Å². The SMILES string of the molecule is COCC(=O)N1CCN(C)C[C@H]1C(=O)N1CC(Oc2cccc(C)c2)C1. The zero-order valence-corrected chi connectivity index (χ0v) is 15.7. The van der Waals surface area contributed by atoms with Gasteiger partial charge in [-0.05, 0) is 31.7 Å². The van der Waals surface area contributed by atoms with Gasteiger partial charge in [0.05, 0.1) is 13.1 Å². The number of rotatable bonds is 5.